The fourth-order valence-corrected chi connectivity index (χ4v) is 3.34. The van der Waals surface area contributed by atoms with Crippen molar-refractivity contribution >= 4 is 0 Å². The Morgan fingerprint density at radius 2 is 1.95 bits per heavy atom. The first-order valence-corrected chi connectivity index (χ1v) is 6.74. The van der Waals surface area contributed by atoms with E-state index in [0.717, 1.165) is 36.1 Å². The molecule has 3 rings (SSSR count). The molecule has 0 aromatic heterocycles. The largest absolute Gasteiger partial charge is 0.501 e. The van der Waals surface area contributed by atoms with E-state index in [4.69, 9.17) is 4.74 Å². The van der Waals surface area contributed by atoms with Crippen LogP contribution in [-0.2, 0) is 17.6 Å². The zero-order chi connectivity index (χ0) is 13.6. The van der Waals surface area contributed by atoms with Crippen LogP contribution in [0.15, 0.2) is 41.2 Å². The van der Waals surface area contributed by atoms with Crippen LogP contribution in [0.4, 0.5) is 4.39 Å². The molecule has 0 spiro atoms. The predicted octanol–water partition coefficient (Wildman–Crippen LogP) is 4.18. The molecule has 19 heavy (non-hydrogen) atoms. The Balaban J connectivity index is 2.04. The van der Waals surface area contributed by atoms with Crippen LogP contribution in [0.25, 0.3) is 0 Å². The minimum Gasteiger partial charge on any atom is -0.501 e. The third-order valence-corrected chi connectivity index (χ3v) is 4.35. The van der Waals surface area contributed by atoms with E-state index in [1.807, 2.05) is 12.1 Å². The lowest BCUT2D eigenvalue weighted by atomic mass is 9.69. The topological polar surface area (TPSA) is 9.23 Å². The lowest BCUT2D eigenvalue weighted by Crippen LogP contribution is -2.25. The maximum atomic E-state index is 13.9. The summed E-state index contributed by atoms with van der Waals surface area (Å²) in [6, 6.07) is 5.42. The van der Waals surface area contributed by atoms with Crippen molar-refractivity contribution < 1.29 is 9.13 Å². The Hall–Kier alpha value is -1.57. The van der Waals surface area contributed by atoms with Gasteiger partial charge < -0.3 is 4.74 Å². The molecule has 2 aliphatic rings. The van der Waals surface area contributed by atoms with Crippen molar-refractivity contribution in [3.05, 3.63) is 58.1 Å². The van der Waals surface area contributed by atoms with Gasteiger partial charge in [0.1, 0.15) is 5.82 Å². The normalized spacial score (nSPS) is 20.5. The molecule has 0 aliphatic heterocycles. The molecule has 1 nitrogen and oxygen atoms in total. The maximum Gasteiger partial charge on any atom is 0.127 e. The van der Waals surface area contributed by atoms with E-state index < -0.39 is 0 Å². The second kappa shape index (κ2) is 4.22. The molecule has 0 radical (unpaired) electrons. The van der Waals surface area contributed by atoms with Gasteiger partial charge in [-0.25, -0.2) is 4.39 Å². The van der Waals surface area contributed by atoms with Crippen molar-refractivity contribution in [2.75, 3.05) is 7.11 Å². The summed E-state index contributed by atoms with van der Waals surface area (Å²) in [5.41, 5.74) is 4.78. The van der Waals surface area contributed by atoms with Crippen LogP contribution in [0.5, 0.6) is 0 Å². The van der Waals surface area contributed by atoms with E-state index in [1.54, 1.807) is 13.2 Å². The predicted molar refractivity (Wildman–Crippen MR) is 74.3 cm³/mol. The van der Waals surface area contributed by atoms with Crippen LogP contribution in [-0.4, -0.2) is 7.11 Å². The fraction of sp³-hybridized carbons (Fsp3) is 0.412. The summed E-state index contributed by atoms with van der Waals surface area (Å²) in [5.74, 6) is 0.930. The maximum absolute atomic E-state index is 13.9. The molecule has 0 atom stereocenters. The van der Waals surface area contributed by atoms with Crippen LogP contribution in [0.1, 0.15) is 31.4 Å². The summed E-state index contributed by atoms with van der Waals surface area (Å²) in [5, 5.41) is 0. The number of benzene rings is 1. The van der Waals surface area contributed by atoms with Crippen molar-refractivity contribution in [2.45, 2.75) is 33.1 Å². The van der Waals surface area contributed by atoms with Gasteiger partial charge in [0, 0.05) is 11.8 Å². The lowest BCUT2D eigenvalue weighted by molar-refractivity contribution is 0.268. The Bertz CT molecular complexity index is 593. The zero-order valence-corrected chi connectivity index (χ0v) is 11.7. The Labute approximate surface area is 113 Å². The van der Waals surface area contributed by atoms with Gasteiger partial charge in [-0.15, -0.1) is 0 Å². The van der Waals surface area contributed by atoms with Gasteiger partial charge in [0.05, 0.1) is 12.9 Å². The van der Waals surface area contributed by atoms with Crippen LogP contribution >= 0.6 is 0 Å². The number of fused-ring (bicyclic) bond motifs is 1. The number of allylic oxidation sites excluding steroid dienone is 3. The summed E-state index contributed by atoms with van der Waals surface area (Å²) in [6.45, 7) is 4.43. The van der Waals surface area contributed by atoms with Gasteiger partial charge in [-0.3, -0.25) is 0 Å². The summed E-state index contributed by atoms with van der Waals surface area (Å²) >= 11 is 0. The van der Waals surface area contributed by atoms with E-state index in [1.165, 1.54) is 11.1 Å². The molecule has 0 amide bonds. The summed E-state index contributed by atoms with van der Waals surface area (Å²) in [6.07, 6.45) is 4.61. The van der Waals surface area contributed by atoms with E-state index >= 15 is 0 Å². The third-order valence-electron chi connectivity index (χ3n) is 4.35. The standard InChI is InChI=1S/C17H19FO/c1-17(2)10-13(19-3)7-12-8-14-11(9-15(12)17)5-4-6-16(14)18/h4-6,10H,7-9H2,1-3H3. The molecule has 0 N–H and O–H groups in total. The monoisotopic (exact) mass is 258 g/mol. The summed E-state index contributed by atoms with van der Waals surface area (Å²) in [4.78, 5) is 0. The first-order chi connectivity index (χ1) is 9.01. The number of halogens is 1. The van der Waals surface area contributed by atoms with Gasteiger partial charge >= 0.3 is 0 Å². The molecule has 2 aliphatic carbocycles. The van der Waals surface area contributed by atoms with Crippen molar-refractivity contribution in [1.82, 2.24) is 0 Å². The average molecular weight is 258 g/mol. The molecule has 0 saturated carbocycles. The quantitative estimate of drug-likeness (QED) is 0.687. The molecule has 0 saturated heterocycles. The molecule has 100 valence electrons. The Morgan fingerprint density at radius 3 is 2.68 bits per heavy atom. The van der Waals surface area contributed by atoms with Gasteiger partial charge in [0.15, 0.2) is 0 Å². The van der Waals surface area contributed by atoms with E-state index in [2.05, 4.69) is 19.9 Å². The zero-order valence-electron chi connectivity index (χ0n) is 11.7. The number of hydrogen-bond acceptors (Lipinski definition) is 1. The number of rotatable bonds is 1. The average Bonchev–Trinajstić information content (AvgIpc) is 2.37. The van der Waals surface area contributed by atoms with E-state index in [9.17, 15) is 4.39 Å². The second-order valence-corrected chi connectivity index (χ2v) is 6.03. The minimum atomic E-state index is -0.0737. The molecule has 0 heterocycles. The van der Waals surface area contributed by atoms with E-state index in [0.29, 0.717) is 0 Å². The third kappa shape index (κ3) is 1.99. The van der Waals surface area contributed by atoms with Gasteiger partial charge in [0.25, 0.3) is 0 Å². The highest BCUT2D eigenvalue weighted by molar-refractivity contribution is 5.47. The van der Waals surface area contributed by atoms with Crippen LogP contribution < -0.4 is 0 Å². The molecule has 1 aromatic rings. The van der Waals surface area contributed by atoms with Crippen LogP contribution in [0.3, 0.4) is 0 Å². The van der Waals surface area contributed by atoms with Crippen molar-refractivity contribution in [3.63, 3.8) is 0 Å². The molecule has 0 bridgehead atoms. The molecule has 0 unspecified atom stereocenters. The molecule has 2 heteroatoms. The van der Waals surface area contributed by atoms with Gasteiger partial charge in [0.2, 0.25) is 0 Å². The molecular formula is C17H19FO. The summed E-state index contributed by atoms with van der Waals surface area (Å²) in [7, 11) is 1.71. The second-order valence-electron chi connectivity index (χ2n) is 6.03. The van der Waals surface area contributed by atoms with Crippen LogP contribution in [0.2, 0.25) is 0 Å². The van der Waals surface area contributed by atoms with Gasteiger partial charge in [-0.05, 0) is 36.1 Å². The first-order valence-electron chi connectivity index (χ1n) is 6.74. The number of hydrogen-bond donors (Lipinski definition) is 0. The smallest absolute Gasteiger partial charge is 0.127 e. The SMILES string of the molecule is COC1=CC(C)(C)C2=C(C1)Cc1c(F)cccc1C2. The summed E-state index contributed by atoms with van der Waals surface area (Å²) < 4.78 is 19.4. The Kier molecular flexibility index (Phi) is 2.77. The lowest BCUT2D eigenvalue weighted by Gasteiger charge is -2.36. The van der Waals surface area contributed by atoms with Crippen LogP contribution in [0, 0.1) is 11.2 Å². The van der Waals surface area contributed by atoms with Gasteiger partial charge in [-0.2, -0.15) is 0 Å². The highest BCUT2D eigenvalue weighted by Gasteiger charge is 2.33. The number of ether oxygens (including phenoxy) is 1. The molecule has 1 aromatic carbocycles. The minimum absolute atomic E-state index is 0.00291. The van der Waals surface area contributed by atoms with Gasteiger partial charge in [-0.1, -0.05) is 37.1 Å². The van der Waals surface area contributed by atoms with E-state index in [-0.39, 0.29) is 11.2 Å². The molecular weight excluding hydrogens is 239 g/mol. The van der Waals surface area contributed by atoms with Crippen molar-refractivity contribution in [2.24, 2.45) is 5.41 Å². The Morgan fingerprint density at radius 1 is 1.16 bits per heavy atom. The molecule has 0 fully saturated rings. The first kappa shape index (κ1) is 12.5. The van der Waals surface area contributed by atoms with Crippen molar-refractivity contribution in [3.8, 4) is 0 Å². The fourth-order valence-electron chi connectivity index (χ4n) is 3.34. The van der Waals surface area contributed by atoms with Crippen molar-refractivity contribution in [1.29, 1.82) is 0 Å². The highest BCUT2D eigenvalue weighted by atomic mass is 19.1. The highest BCUT2D eigenvalue weighted by Crippen LogP contribution is 2.44. The number of methoxy groups -OCH3 is 1.